The van der Waals surface area contributed by atoms with Crippen LogP contribution < -0.4 is 16.0 Å². The summed E-state index contributed by atoms with van der Waals surface area (Å²) in [6.07, 6.45) is -17.2. The smallest absolute Gasteiger partial charge is 0.444 e. The fraction of sp³-hybridized carbons (Fsp3) is 0.550. The number of halogens is 7. The minimum Gasteiger partial charge on any atom is -0.444 e. The van der Waals surface area contributed by atoms with Gasteiger partial charge in [0.05, 0.1) is 27.9 Å². The molecule has 3 unspecified atom stereocenters. The van der Waals surface area contributed by atoms with Gasteiger partial charge in [-0.05, 0) is 19.4 Å². The lowest BCUT2D eigenvalue weighted by Crippen LogP contribution is -2.52. The number of hydrogen-bond acceptors (Lipinski definition) is 7. The van der Waals surface area contributed by atoms with E-state index in [0.717, 1.165) is 11.8 Å². The van der Waals surface area contributed by atoms with E-state index in [2.05, 4.69) is 19.8 Å². The van der Waals surface area contributed by atoms with E-state index in [1.807, 2.05) is 0 Å². The lowest BCUT2D eigenvalue weighted by Gasteiger charge is -2.40. The summed E-state index contributed by atoms with van der Waals surface area (Å²) >= 11 is 0.674. The number of nitrogens with zero attached hydrogens (tertiary/aromatic N) is 2. The van der Waals surface area contributed by atoms with Crippen LogP contribution in [0.25, 0.3) is 10.2 Å². The number of carbonyl (C=O) groups excluding carboxylic acids is 2. The maximum absolute atomic E-state index is 15.2. The molecule has 1 fully saturated rings. The molecule has 16 heteroatoms. The van der Waals surface area contributed by atoms with Crippen molar-refractivity contribution in [3.05, 3.63) is 22.6 Å². The molecule has 0 spiro atoms. The maximum Gasteiger partial charge on any atom is 0.522 e. The molecular formula is C20H21F7N4O4S. The summed E-state index contributed by atoms with van der Waals surface area (Å²) in [5.41, 5.74) is 3.44. The highest BCUT2D eigenvalue weighted by Gasteiger charge is 2.46. The van der Waals surface area contributed by atoms with Gasteiger partial charge in [0.1, 0.15) is 24.2 Å². The van der Waals surface area contributed by atoms with E-state index in [9.17, 15) is 35.9 Å². The zero-order chi connectivity index (χ0) is 27.0. The summed E-state index contributed by atoms with van der Waals surface area (Å²) in [6, 6.07) is 0.710. The van der Waals surface area contributed by atoms with E-state index in [1.54, 1.807) is 0 Å². The third-order valence-corrected chi connectivity index (χ3v) is 6.66. The average Bonchev–Trinajstić information content (AvgIpc) is 3.18. The Morgan fingerprint density at radius 2 is 1.94 bits per heavy atom. The maximum atomic E-state index is 15.2. The number of ether oxygens (including phenoxy) is 2. The number of carbonyl (C=O) groups is 2. The average molecular weight is 546 g/mol. The van der Waals surface area contributed by atoms with Crippen LogP contribution in [0.5, 0.6) is 0 Å². The molecule has 1 aliphatic rings. The van der Waals surface area contributed by atoms with Crippen molar-refractivity contribution in [1.82, 2.24) is 10.3 Å². The highest BCUT2D eigenvalue weighted by molar-refractivity contribution is 7.17. The van der Waals surface area contributed by atoms with Crippen molar-refractivity contribution in [1.29, 1.82) is 0 Å². The minimum atomic E-state index is -5.18. The second-order valence-electron chi connectivity index (χ2n) is 8.02. The number of amides is 2. The number of nitrogens with two attached hydrogens (primary N) is 1. The van der Waals surface area contributed by atoms with E-state index in [0.29, 0.717) is 17.4 Å². The Morgan fingerprint density at radius 1 is 1.28 bits per heavy atom. The van der Waals surface area contributed by atoms with Crippen LogP contribution in [0, 0.1) is 5.92 Å². The number of nitrogens with one attached hydrogen (secondary N) is 1. The first-order valence-electron chi connectivity index (χ1n) is 10.4. The standard InChI is InChI=1S/C20H21F7N4O4S/c1-8(34-18(28)33)15(35-20(25,26)27)9-3-4-31(6-12(9)21)13-5-11(19(22,23)24)16-14(30-13)10(7-36-16)17(32)29-2/h5,7-9,12,15H,3-4,6H2,1-2H3,(H2,28,33)(H,29,32)/t8-,9?,12?,15?/m0/s1. The number of thiophene rings is 1. The molecule has 4 atom stereocenters. The molecule has 3 heterocycles. The van der Waals surface area contributed by atoms with Gasteiger partial charge >= 0.3 is 18.6 Å². The monoisotopic (exact) mass is 546 g/mol. The first-order valence-corrected chi connectivity index (χ1v) is 11.3. The number of aromatic nitrogens is 1. The lowest BCUT2D eigenvalue weighted by atomic mass is 9.87. The number of hydrogen-bond donors (Lipinski definition) is 2. The van der Waals surface area contributed by atoms with Crippen LogP contribution in [-0.2, 0) is 15.7 Å². The first kappa shape index (κ1) is 27.7. The SMILES string of the molecule is CNC(=O)c1csc2c(C(F)(F)F)cc(N3CCC(C(OC(F)(F)F)[C@H](C)OC(N)=O)C(F)C3)nc12. The van der Waals surface area contributed by atoms with Gasteiger partial charge in [0.2, 0.25) is 0 Å². The third kappa shape index (κ3) is 6.08. The molecule has 0 saturated carbocycles. The summed E-state index contributed by atoms with van der Waals surface area (Å²) in [5, 5.41) is 3.53. The third-order valence-electron chi connectivity index (χ3n) is 5.66. The molecule has 0 bridgehead atoms. The van der Waals surface area contributed by atoms with Crippen molar-refractivity contribution in [2.24, 2.45) is 11.7 Å². The number of piperidine rings is 1. The van der Waals surface area contributed by atoms with Crippen molar-refractivity contribution in [3.8, 4) is 0 Å². The van der Waals surface area contributed by atoms with E-state index in [-0.39, 0.29) is 34.6 Å². The summed E-state index contributed by atoms with van der Waals surface area (Å²) in [5.74, 6) is -2.39. The zero-order valence-corrected chi connectivity index (χ0v) is 19.6. The van der Waals surface area contributed by atoms with Crippen molar-refractivity contribution >= 4 is 39.4 Å². The van der Waals surface area contributed by atoms with Gasteiger partial charge in [-0.25, -0.2) is 14.2 Å². The molecule has 2 aromatic heterocycles. The molecule has 0 radical (unpaired) electrons. The number of primary amides is 1. The lowest BCUT2D eigenvalue weighted by molar-refractivity contribution is -0.358. The van der Waals surface area contributed by atoms with Crippen molar-refractivity contribution < 1.29 is 49.8 Å². The molecule has 8 nitrogen and oxygen atoms in total. The van der Waals surface area contributed by atoms with Gasteiger partial charge in [0.25, 0.3) is 5.91 Å². The Morgan fingerprint density at radius 3 is 2.47 bits per heavy atom. The Labute approximate surface area is 203 Å². The van der Waals surface area contributed by atoms with E-state index in [4.69, 9.17) is 5.73 Å². The van der Waals surface area contributed by atoms with Crippen LogP contribution in [0.3, 0.4) is 0 Å². The second kappa shape index (κ2) is 10.2. The van der Waals surface area contributed by atoms with Crippen LogP contribution in [0.4, 0.5) is 41.3 Å². The zero-order valence-electron chi connectivity index (χ0n) is 18.7. The predicted molar refractivity (Wildman–Crippen MR) is 114 cm³/mol. The second-order valence-corrected chi connectivity index (χ2v) is 8.90. The van der Waals surface area contributed by atoms with Crippen LogP contribution in [-0.4, -0.2) is 61.9 Å². The van der Waals surface area contributed by atoms with Gasteiger partial charge in [0.15, 0.2) is 0 Å². The molecule has 0 aliphatic carbocycles. The molecule has 1 aliphatic heterocycles. The highest BCUT2D eigenvalue weighted by atomic mass is 32.1. The predicted octanol–water partition coefficient (Wildman–Crippen LogP) is 4.23. The van der Waals surface area contributed by atoms with Crippen LogP contribution in [0.1, 0.15) is 29.3 Å². The molecular weight excluding hydrogens is 525 g/mol. The number of fused-ring (bicyclic) bond motifs is 1. The van der Waals surface area contributed by atoms with E-state index < -0.39 is 60.9 Å². The normalized spacial score (nSPS) is 20.8. The number of alkyl halides is 7. The molecule has 2 aromatic rings. The van der Waals surface area contributed by atoms with Crippen molar-refractivity contribution in [2.45, 2.75) is 44.3 Å². The first-order chi connectivity index (χ1) is 16.6. The van der Waals surface area contributed by atoms with E-state index in [1.165, 1.54) is 12.4 Å². The molecule has 36 heavy (non-hydrogen) atoms. The Kier molecular flexibility index (Phi) is 7.88. The Bertz CT molecular complexity index is 1120. The fourth-order valence-corrected chi connectivity index (χ4v) is 5.12. The molecule has 200 valence electrons. The molecule has 0 aromatic carbocycles. The van der Waals surface area contributed by atoms with Crippen LogP contribution >= 0.6 is 11.3 Å². The van der Waals surface area contributed by atoms with E-state index >= 15 is 4.39 Å². The summed E-state index contributed by atoms with van der Waals surface area (Å²) in [7, 11) is 1.29. The topological polar surface area (TPSA) is 107 Å². The van der Waals surface area contributed by atoms with Gasteiger partial charge in [0, 0.05) is 24.9 Å². The van der Waals surface area contributed by atoms with Gasteiger partial charge < -0.3 is 20.7 Å². The fourth-order valence-electron chi connectivity index (χ4n) is 4.10. The number of anilines is 1. The highest BCUT2D eigenvalue weighted by Crippen LogP contribution is 2.41. The largest absolute Gasteiger partial charge is 0.522 e. The molecule has 3 N–H and O–H groups in total. The van der Waals surface area contributed by atoms with Gasteiger partial charge in [-0.1, -0.05) is 0 Å². The van der Waals surface area contributed by atoms with Gasteiger partial charge in [-0.15, -0.1) is 24.5 Å². The minimum absolute atomic E-state index is 0.104. The van der Waals surface area contributed by atoms with Crippen molar-refractivity contribution in [2.75, 3.05) is 25.0 Å². The van der Waals surface area contributed by atoms with Crippen LogP contribution in [0.2, 0.25) is 0 Å². The quantitative estimate of drug-likeness (QED) is 0.526. The summed E-state index contributed by atoms with van der Waals surface area (Å²) in [4.78, 5) is 28.4. The molecule has 2 amide bonds. The van der Waals surface area contributed by atoms with Crippen molar-refractivity contribution in [3.63, 3.8) is 0 Å². The summed E-state index contributed by atoms with van der Waals surface area (Å²) in [6.45, 7) is 0.241. The number of pyridine rings is 1. The summed E-state index contributed by atoms with van der Waals surface area (Å²) < 4.78 is 104. The Hall–Kier alpha value is -2.88. The molecule has 3 rings (SSSR count). The Balaban J connectivity index is 1.94. The van der Waals surface area contributed by atoms with Gasteiger partial charge in [-0.2, -0.15) is 13.2 Å². The van der Waals surface area contributed by atoms with Gasteiger partial charge in [-0.3, -0.25) is 9.53 Å². The molecule has 1 saturated heterocycles. The number of rotatable bonds is 6. The van der Waals surface area contributed by atoms with Crippen LogP contribution in [0.15, 0.2) is 11.4 Å².